The van der Waals surface area contributed by atoms with E-state index in [1.165, 1.54) is 11.3 Å². The van der Waals surface area contributed by atoms with Crippen molar-refractivity contribution in [3.05, 3.63) is 58.3 Å². The van der Waals surface area contributed by atoms with Crippen LogP contribution >= 0.6 is 11.3 Å². The Morgan fingerprint density at radius 2 is 1.67 bits per heavy atom. The number of carbonyl (C=O) groups is 3. The van der Waals surface area contributed by atoms with E-state index < -0.39 is 11.8 Å². The van der Waals surface area contributed by atoms with Gasteiger partial charge in [-0.3, -0.25) is 25.2 Å². The van der Waals surface area contributed by atoms with Crippen LogP contribution in [0.4, 0.5) is 0 Å². The van der Waals surface area contributed by atoms with Gasteiger partial charge < -0.3 is 0 Å². The van der Waals surface area contributed by atoms with E-state index in [2.05, 4.69) is 10.9 Å². The van der Waals surface area contributed by atoms with Crippen molar-refractivity contribution < 1.29 is 14.4 Å². The molecule has 5 nitrogen and oxygen atoms in total. The van der Waals surface area contributed by atoms with Gasteiger partial charge in [0.1, 0.15) is 0 Å². The fourth-order valence-electron chi connectivity index (χ4n) is 1.64. The SMILES string of the molecule is O=C(CCC(=O)c1cccs1)NNC(=O)c1ccccc1. The van der Waals surface area contributed by atoms with Crippen molar-refractivity contribution in [2.75, 3.05) is 0 Å². The van der Waals surface area contributed by atoms with Crippen molar-refractivity contribution in [3.8, 4) is 0 Å². The molecule has 0 saturated heterocycles. The number of hydrogen-bond acceptors (Lipinski definition) is 4. The van der Waals surface area contributed by atoms with Crippen LogP contribution in [-0.4, -0.2) is 17.6 Å². The fourth-order valence-corrected chi connectivity index (χ4v) is 2.33. The average Bonchev–Trinajstić information content (AvgIpc) is 3.05. The van der Waals surface area contributed by atoms with Gasteiger partial charge in [0, 0.05) is 18.4 Å². The maximum atomic E-state index is 11.7. The molecule has 0 bridgehead atoms. The van der Waals surface area contributed by atoms with E-state index in [9.17, 15) is 14.4 Å². The van der Waals surface area contributed by atoms with Crippen LogP contribution in [0.15, 0.2) is 47.8 Å². The standard InChI is InChI=1S/C15H14N2O3S/c18-12(13-7-4-10-21-13)8-9-14(19)16-17-15(20)11-5-2-1-3-6-11/h1-7,10H,8-9H2,(H,16,19)(H,17,20). The minimum absolute atomic E-state index is 0.0335. The zero-order valence-corrected chi connectivity index (χ0v) is 12.0. The van der Waals surface area contributed by atoms with E-state index in [-0.39, 0.29) is 18.6 Å². The van der Waals surface area contributed by atoms with Crippen LogP contribution in [0.25, 0.3) is 0 Å². The molecule has 2 rings (SSSR count). The molecular formula is C15H14N2O3S. The molecule has 0 aliphatic carbocycles. The van der Waals surface area contributed by atoms with Crippen LogP contribution in [0.5, 0.6) is 0 Å². The number of carbonyl (C=O) groups excluding carboxylic acids is 3. The molecule has 0 unspecified atom stereocenters. The Balaban J connectivity index is 1.73. The lowest BCUT2D eigenvalue weighted by atomic mass is 10.2. The van der Waals surface area contributed by atoms with E-state index in [0.717, 1.165) is 0 Å². The first-order valence-corrected chi connectivity index (χ1v) is 7.25. The molecule has 1 aromatic heterocycles. The summed E-state index contributed by atoms with van der Waals surface area (Å²) in [6.07, 6.45) is 0.152. The monoisotopic (exact) mass is 302 g/mol. The van der Waals surface area contributed by atoms with Gasteiger partial charge in [0.2, 0.25) is 5.91 Å². The summed E-state index contributed by atoms with van der Waals surface area (Å²) >= 11 is 1.35. The van der Waals surface area contributed by atoms with Crippen molar-refractivity contribution >= 4 is 28.9 Å². The second-order valence-electron chi connectivity index (χ2n) is 4.27. The first-order chi connectivity index (χ1) is 10.2. The number of benzene rings is 1. The molecule has 6 heteroatoms. The summed E-state index contributed by atoms with van der Waals surface area (Å²) in [6, 6.07) is 12.1. The zero-order chi connectivity index (χ0) is 15.1. The number of ketones is 1. The predicted molar refractivity (Wildman–Crippen MR) is 79.9 cm³/mol. The smallest absolute Gasteiger partial charge is 0.269 e. The van der Waals surface area contributed by atoms with Gasteiger partial charge in [-0.1, -0.05) is 24.3 Å². The highest BCUT2D eigenvalue weighted by molar-refractivity contribution is 7.12. The molecule has 2 N–H and O–H groups in total. The number of amides is 2. The summed E-state index contributed by atoms with van der Waals surface area (Å²) < 4.78 is 0. The molecule has 2 aromatic rings. The maximum Gasteiger partial charge on any atom is 0.269 e. The first kappa shape index (κ1) is 14.9. The van der Waals surface area contributed by atoms with Gasteiger partial charge in [0.05, 0.1) is 4.88 Å². The fraction of sp³-hybridized carbons (Fsp3) is 0.133. The number of hydrazine groups is 1. The quantitative estimate of drug-likeness (QED) is 0.656. The molecule has 1 aromatic carbocycles. The highest BCUT2D eigenvalue weighted by Crippen LogP contribution is 2.12. The van der Waals surface area contributed by atoms with Gasteiger partial charge in [-0.15, -0.1) is 11.3 Å². The Bertz CT molecular complexity index is 624. The topological polar surface area (TPSA) is 75.3 Å². The number of thiophene rings is 1. The summed E-state index contributed by atoms with van der Waals surface area (Å²) in [5, 5.41) is 1.81. The molecular weight excluding hydrogens is 288 g/mol. The van der Waals surface area contributed by atoms with E-state index in [1.807, 2.05) is 5.38 Å². The third kappa shape index (κ3) is 4.54. The second kappa shape index (κ2) is 7.35. The lowest BCUT2D eigenvalue weighted by Gasteiger charge is -2.06. The highest BCUT2D eigenvalue weighted by Gasteiger charge is 2.11. The number of Topliss-reactive ketones (excluding diaryl/α,β-unsaturated/α-hetero) is 1. The average molecular weight is 302 g/mol. The molecule has 0 fully saturated rings. The van der Waals surface area contributed by atoms with Crippen LogP contribution < -0.4 is 10.9 Å². The third-order valence-corrected chi connectivity index (χ3v) is 3.64. The van der Waals surface area contributed by atoms with Gasteiger partial charge >= 0.3 is 0 Å². The van der Waals surface area contributed by atoms with Crippen molar-refractivity contribution in [1.82, 2.24) is 10.9 Å². The molecule has 0 spiro atoms. The second-order valence-corrected chi connectivity index (χ2v) is 5.22. The highest BCUT2D eigenvalue weighted by atomic mass is 32.1. The predicted octanol–water partition coefficient (Wildman–Crippen LogP) is 2.17. The molecule has 0 aliphatic rings. The van der Waals surface area contributed by atoms with Crippen LogP contribution in [0, 0.1) is 0 Å². The minimum Gasteiger partial charge on any atom is -0.293 e. The van der Waals surface area contributed by atoms with Crippen molar-refractivity contribution in [3.63, 3.8) is 0 Å². The van der Waals surface area contributed by atoms with Crippen LogP contribution in [0.2, 0.25) is 0 Å². The molecule has 0 radical (unpaired) electrons. The molecule has 108 valence electrons. The molecule has 0 saturated carbocycles. The van der Waals surface area contributed by atoms with Gasteiger partial charge in [0.15, 0.2) is 5.78 Å². The molecule has 0 atom stereocenters. The molecule has 1 heterocycles. The molecule has 2 amide bonds. The van der Waals surface area contributed by atoms with E-state index in [1.54, 1.807) is 42.5 Å². The lowest BCUT2D eigenvalue weighted by Crippen LogP contribution is -2.41. The first-order valence-electron chi connectivity index (χ1n) is 6.38. The Kier molecular flexibility index (Phi) is 5.22. The van der Waals surface area contributed by atoms with E-state index in [4.69, 9.17) is 0 Å². The van der Waals surface area contributed by atoms with Crippen molar-refractivity contribution in [2.24, 2.45) is 0 Å². The van der Waals surface area contributed by atoms with E-state index in [0.29, 0.717) is 10.4 Å². The Hall–Kier alpha value is -2.47. The normalized spacial score (nSPS) is 9.90. The Morgan fingerprint density at radius 3 is 2.33 bits per heavy atom. The minimum atomic E-state index is -0.399. The third-order valence-electron chi connectivity index (χ3n) is 2.73. The van der Waals surface area contributed by atoms with Crippen LogP contribution in [0.1, 0.15) is 32.9 Å². The summed E-state index contributed by atoms with van der Waals surface area (Å²) in [5.41, 5.74) is 5.06. The maximum absolute atomic E-state index is 11.7. The molecule has 21 heavy (non-hydrogen) atoms. The van der Waals surface area contributed by atoms with Crippen molar-refractivity contribution in [2.45, 2.75) is 12.8 Å². The Labute approximate surface area is 126 Å². The van der Waals surface area contributed by atoms with Gasteiger partial charge in [-0.2, -0.15) is 0 Å². The number of hydrogen-bond donors (Lipinski definition) is 2. The number of nitrogens with one attached hydrogen (secondary N) is 2. The van der Waals surface area contributed by atoms with Gasteiger partial charge in [0.25, 0.3) is 5.91 Å². The summed E-state index contributed by atoms with van der Waals surface area (Å²) in [6.45, 7) is 0. The zero-order valence-electron chi connectivity index (χ0n) is 11.2. The Morgan fingerprint density at radius 1 is 0.905 bits per heavy atom. The lowest BCUT2D eigenvalue weighted by molar-refractivity contribution is -0.121. The summed E-state index contributed by atoms with van der Waals surface area (Å²) in [5.74, 6) is -0.868. The van der Waals surface area contributed by atoms with Crippen LogP contribution in [-0.2, 0) is 4.79 Å². The van der Waals surface area contributed by atoms with E-state index >= 15 is 0 Å². The number of rotatable bonds is 5. The molecule has 0 aliphatic heterocycles. The van der Waals surface area contributed by atoms with Crippen molar-refractivity contribution in [1.29, 1.82) is 0 Å². The summed E-state index contributed by atoms with van der Waals surface area (Å²) in [4.78, 5) is 35.6. The van der Waals surface area contributed by atoms with Gasteiger partial charge in [-0.05, 0) is 23.6 Å². The summed E-state index contributed by atoms with van der Waals surface area (Å²) in [7, 11) is 0. The van der Waals surface area contributed by atoms with Crippen LogP contribution in [0.3, 0.4) is 0 Å². The largest absolute Gasteiger partial charge is 0.293 e. The van der Waals surface area contributed by atoms with Gasteiger partial charge in [-0.25, -0.2) is 0 Å².